The lowest BCUT2D eigenvalue weighted by atomic mass is 9.97. The molecule has 0 aliphatic heterocycles. The second-order valence-electron chi connectivity index (χ2n) is 30.2. The Balaban J connectivity index is 0.000000143. The van der Waals surface area contributed by atoms with E-state index in [2.05, 4.69) is 444 Å². The summed E-state index contributed by atoms with van der Waals surface area (Å²) in [4.78, 5) is 4.71. The molecule has 0 radical (unpaired) electrons. The Morgan fingerprint density at radius 2 is 0.441 bits per heavy atom. The average molecular weight is 1510 g/mol. The summed E-state index contributed by atoms with van der Waals surface area (Å²) in [6.07, 6.45) is 0. The number of benzene rings is 19. The Labute approximate surface area is 682 Å². The number of furan rings is 2. The van der Waals surface area contributed by atoms with Crippen LogP contribution in [0, 0.1) is 0 Å². The first-order valence-corrected chi connectivity index (χ1v) is 40.3. The summed E-state index contributed by atoms with van der Waals surface area (Å²) in [6, 6.07) is 161. The van der Waals surface area contributed by atoms with Gasteiger partial charge in [-0.3, -0.25) is 0 Å². The van der Waals surface area contributed by atoms with Gasteiger partial charge in [-0.25, -0.2) is 0 Å². The Kier molecular flexibility index (Phi) is 17.1. The zero-order valence-corrected chi connectivity index (χ0v) is 64.3. The van der Waals surface area contributed by atoms with Gasteiger partial charge >= 0.3 is 0 Å². The predicted octanol–water partition coefficient (Wildman–Crippen LogP) is 31.5. The monoisotopic (exact) mass is 1510 g/mol. The molecule has 0 bridgehead atoms. The van der Waals surface area contributed by atoms with Crippen molar-refractivity contribution in [1.29, 1.82) is 0 Å². The van der Waals surface area contributed by atoms with Crippen LogP contribution in [0.5, 0.6) is 0 Å². The average Bonchev–Trinajstić information content (AvgIpc) is 1.56. The number of fused-ring (bicyclic) bond motifs is 13. The number of hydrogen-bond acceptors (Lipinski definition) is 4. The molecule has 0 aliphatic carbocycles. The zero-order chi connectivity index (χ0) is 78.0. The van der Waals surface area contributed by atoms with E-state index in [1.807, 2.05) is 24.3 Å². The molecule has 0 N–H and O–H groups in total. The molecule has 4 aromatic heterocycles. The normalized spacial score (nSPS) is 11.6. The van der Waals surface area contributed by atoms with E-state index in [1.54, 1.807) is 0 Å². The topological polar surface area (TPSA) is 42.6 Å². The summed E-state index contributed by atoms with van der Waals surface area (Å²) in [5.74, 6) is 0. The highest BCUT2D eigenvalue weighted by molar-refractivity contribution is 6.15. The third-order valence-corrected chi connectivity index (χ3v) is 23.5. The van der Waals surface area contributed by atoms with Crippen LogP contribution in [0.4, 0.5) is 34.1 Å². The molecule has 0 unspecified atom stereocenters. The smallest absolute Gasteiger partial charge is 0.136 e. The Hall–Kier alpha value is -15.8. The van der Waals surface area contributed by atoms with E-state index in [9.17, 15) is 0 Å². The van der Waals surface area contributed by atoms with Crippen LogP contribution in [0.3, 0.4) is 0 Å². The molecule has 118 heavy (non-hydrogen) atoms. The summed E-state index contributed by atoms with van der Waals surface area (Å²) in [6.45, 7) is 0. The Bertz CT molecular complexity index is 7590. The SMILES string of the molecule is c1ccc(-n2c3ccccc3c3ccccc32)c(-c2ccc(N(c3ccc(-c4ccc(-c5cccc6oc7ccccc7c56)cc4)cc3)c3cccc4ccccc34)cc2)c1.c1ccc(N(c2ccc(-c3ccc(-c4cccc5oc6ccccc6c45)cc3)cc2)c2ccc(-c3ccccc3-n3c4ccccc4c4ccccc43)cc2)cc1. The highest BCUT2D eigenvalue weighted by atomic mass is 16.3. The molecule has 6 heteroatoms. The van der Waals surface area contributed by atoms with Gasteiger partial charge in [-0.2, -0.15) is 0 Å². The third-order valence-electron chi connectivity index (χ3n) is 23.5. The number of nitrogens with zero attached hydrogens (tertiary/aromatic N) is 4. The third kappa shape index (κ3) is 12.1. The quantitative estimate of drug-likeness (QED) is 0.109. The lowest BCUT2D eigenvalue weighted by molar-refractivity contribution is 0.668. The van der Waals surface area contributed by atoms with Gasteiger partial charge in [-0.15, -0.1) is 0 Å². The van der Waals surface area contributed by atoms with Crippen LogP contribution in [0.2, 0.25) is 0 Å². The van der Waals surface area contributed by atoms with Crippen molar-refractivity contribution in [2.24, 2.45) is 0 Å². The summed E-state index contributed by atoms with van der Waals surface area (Å²) in [5, 5.41) is 12.0. The number of anilines is 6. The van der Waals surface area contributed by atoms with Crippen molar-refractivity contribution in [3.63, 3.8) is 0 Å². The molecular formula is C112H74N4O2. The van der Waals surface area contributed by atoms with Gasteiger partial charge < -0.3 is 27.8 Å². The van der Waals surface area contributed by atoms with Crippen molar-refractivity contribution < 1.29 is 8.83 Å². The first-order valence-electron chi connectivity index (χ1n) is 40.3. The Morgan fingerprint density at radius 1 is 0.169 bits per heavy atom. The fourth-order valence-corrected chi connectivity index (χ4v) is 17.9. The molecule has 23 aromatic rings. The largest absolute Gasteiger partial charge is 0.456 e. The molecule has 0 atom stereocenters. The van der Waals surface area contributed by atoms with Crippen molar-refractivity contribution in [1.82, 2.24) is 9.13 Å². The first kappa shape index (κ1) is 69.0. The fraction of sp³-hybridized carbons (Fsp3) is 0. The summed E-state index contributed by atoms with van der Waals surface area (Å²) in [7, 11) is 0. The number of hydrogen-bond donors (Lipinski definition) is 0. The number of para-hydroxylation sites is 9. The molecule has 554 valence electrons. The van der Waals surface area contributed by atoms with Gasteiger partial charge in [0.15, 0.2) is 0 Å². The second-order valence-corrected chi connectivity index (χ2v) is 30.2. The van der Waals surface area contributed by atoms with E-state index in [-0.39, 0.29) is 0 Å². The van der Waals surface area contributed by atoms with Gasteiger partial charge in [-0.05, 0) is 188 Å². The van der Waals surface area contributed by atoms with Gasteiger partial charge in [0, 0.05) is 88.0 Å². The van der Waals surface area contributed by atoms with Gasteiger partial charge in [0.1, 0.15) is 22.3 Å². The highest BCUT2D eigenvalue weighted by Gasteiger charge is 2.23. The van der Waals surface area contributed by atoms with Crippen LogP contribution in [0.1, 0.15) is 0 Å². The minimum absolute atomic E-state index is 0.910. The Morgan fingerprint density at radius 3 is 0.864 bits per heavy atom. The first-order chi connectivity index (χ1) is 58.5. The summed E-state index contributed by atoms with van der Waals surface area (Å²) < 4.78 is 17.2. The van der Waals surface area contributed by atoms with Crippen LogP contribution in [0.25, 0.3) is 176 Å². The van der Waals surface area contributed by atoms with E-state index in [0.717, 1.165) is 94.8 Å². The van der Waals surface area contributed by atoms with E-state index >= 15 is 0 Å². The van der Waals surface area contributed by atoms with Crippen molar-refractivity contribution >= 4 is 132 Å². The minimum Gasteiger partial charge on any atom is -0.456 e. The maximum absolute atomic E-state index is 6.19. The zero-order valence-electron chi connectivity index (χ0n) is 64.3. The molecule has 19 aromatic carbocycles. The lowest BCUT2D eigenvalue weighted by Crippen LogP contribution is -2.10. The molecule has 0 amide bonds. The van der Waals surface area contributed by atoms with E-state index in [0.29, 0.717) is 0 Å². The van der Waals surface area contributed by atoms with Crippen LogP contribution in [-0.2, 0) is 0 Å². The van der Waals surface area contributed by atoms with Crippen LogP contribution >= 0.6 is 0 Å². The summed E-state index contributed by atoms with van der Waals surface area (Å²) in [5.41, 5.74) is 31.5. The molecule has 23 rings (SSSR count). The molecule has 0 fully saturated rings. The minimum atomic E-state index is 0.910. The molecule has 0 aliphatic rings. The number of rotatable bonds is 14. The molecule has 0 saturated heterocycles. The lowest BCUT2D eigenvalue weighted by Gasteiger charge is -2.27. The predicted molar refractivity (Wildman–Crippen MR) is 496 cm³/mol. The molecular weight excluding hydrogens is 1430 g/mol. The standard InChI is InChI=1S/C58H38N2O.C54H36N2O/c1-2-15-46-41(13-1)14-11-24-52(46)59(44-35-31-40(32-36-44)39-27-29-43(30-28-39)48-20-12-26-57-58(48)51-19-6-10-25-56(51)61-57)45-37-33-42(34-38-45)47-16-3-7-21-53(47)60-54-22-8-4-17-49(54)50-18-5-9-23-55(50)60;1-2-13-41(14-3-1)55(42-33-29-38(30-34-42)37-25-27-40(28-26-37)45-19-12-24-53-54(45)48-18-7-11-23-52(48)57-53)43-35-31-39(32-36-43)44-15-4-8-20-49(44)56-50-21-9-5-16-46(50)47-17-6-10-22-51(47)56/h1-38H;1-36H. The van der Waals surface area contributed by atoms with Gasteiger partial charge in [0.2, 0.25) is 0 Å². The highest BCUT2D eigenvalue weighted by Crippen LogP contribution is 2.46. The van der Waals surface area contributed by atoms with E-state index < -0.39 is 0 Å². The van der Waals surface area contributed by atoms with Gasteiger partial charge in [0.25, 0.3) is 0 Å². The van der Waals surface area contributed by atoms with Crippen molar-refractivity contribution in [3.8, 4) is 78.1 Å². The van der Waals surface area contributed by atoms with Crippen molar-refractivity contribution in [2.75, 3.05) is 9.80 Å². The maximum atomic E-state index is 6.19. The maximum Gasteiger partial charge on any atom is 0.136 e. The number of aromatic nitrogens is 2. The van der Waals surface area contributed by atoms with Crippen molar-refractivity contribution in [3.05, 3.63) is 449 Å². The van der Waals surface area contributed by atoms with Gasteiger partial charge in [0.05, 0.1) is 39.1 Å². The molecule has 0 spiro atoms. The van der Waals surface area contributed by atoms with Crippen LogP contribution < -0.4 is 9.80 Å². The fourth-order valence-electron chi connectivity index (χ4n) is 17.9. The second kappa shape index (κ2) is 29.3. The van der Waals surface area contributed by atoms with Crippen LogP contribution in [0.15, 0.2) is 458 Å². The molecule has 4 heterocycles. The van der Waals surface area contributed by atoms with E-state index in [1.165, 1.54) is 116 Å². The van der Waals surface area contributed by atoms with Gasteiger partial charge in [-0.1, -0.05) is 322 Å². The molecule has 0 saturated carbocycles. The summed E-state index contributed by atoms with van der Waals surface area (Å²) >= 11 is 0. The van der Waals surface area contributed by atoms with Crippen molar-refractivity contribution in [2.45, 2.75) is 0 Å². The molecule has 6 nitrogen and oxygen atoms in total. The van der Waals surface area contributed by atoms with Crippen LogP contribution in [-0.4, -0.2) is 9.13 Å². The van der Waals surface area contributed by atoms with E-state index in [4.69, 9.17) is 8.83 Å².